The van der Waals surface area contributed by atoms with Crippen LogP contribution in [0, 0.1) is 0 Å². The summed E-state index contributed by atoms with van der Waals surface area (Å²) in [5.74, 6) is -0.231. The number of rotatable bonds is 8. The van der Waals surface area contributed by atoms with Crippen LogP contribution in [-0.2, 0) is 9.84 Å². The molecule has 11 heteroatoms. The Hall–Kier alpha value is -2.17. The van der Waals surface area contributed by atoms with Crippen LogP contribution in [0.2, 0.25) is 10.0 Å². The number of nitrogens with one attached hydrogen (secondary N) is 1. The number of carbonyl (C=O) groups excluding carboxylic acids is 1. The van der Waals surface area contributed by atoms with Crippen LogP contribution in [0.25, 0.3) is 0 Å². The zero-order chi connectivity index (χ0) is 24.5. The van der Waals surface area contributed by atoms with Gasteiger partial charge in [-0.05, 0) is 69.3 Å². The van der Waals surface area contributed by atoms with Crippen LogP contribution in [-0.4, -0.2) is 49.5 Å². The maximum atomic E-state index is 12.9. The highest BCUT2D eigenvalue weighted by Crippen LogP contribution is 2.34. The summed E-state index contributed by atoms with van der Waals surface area (Å²) >= 11 is 13.4. The summed E-state index contributed by atoms with van der Waals surface area (Å²) in [5, 5.41) is 3.93. The quantitative estimate of drug-likeness (QED) is 0.376. The number of halogens is 2. The number of ketones is 1. The van der Waals surface area contributed by atoms with Crippen molar-refractivity contribution in [2.75, 3.05) is 30.4 Å². The fourth-order valence-electron chi connectivity index (χ4n) is 4.00. The first-order valence-corrected chi connectivity index (χ1v) is 13.9. The molecule has 0 radical (unpaired) electrons. The summed E-state index contributed by atoms with van der Waals surface area (Å²) < 4.78 is 25.5. The van der Waals surface area contributed by atoms with Crippen molar-refractivity contribution in [2.24, 2.45) is 0 Å². The summed E-state index contributed by atoms with van der Waals surface area (Å²) in [4.78, 5) is 19.9. The third-order valence-electron chi connectivity index (χ3n) is 5.91. The molecule has 2 heterocycles. The fourth-order valence-corrected chi connectivity index (χ4v) is 6.79. The van der Waals surface area contributed by atoms with Gasteiger partial charge in [0.1, 0.15) is 10.7 Å². The predicted octanol–water partition coefficient (Wildman–Crippen LogP) is 5.26. The van der Waals surface area contributed by atoms with Crippen LogP contribution in [0.5, 0.6) is 0 Å². The molecule has 34 heavy (non-hydrogen) atoms. The molecule has 0 spiro atoms. The molecule has 1 aromatic heterocycles. The second-order valence-electron chi connectivity index (χ2n) is 8.19. The number of nitrogens with zero attached hydrogens (tertiary/aromatic N) is 2. The van der Waals surface area contributed by atoms with E-state index in [1.54, 1.807) is 42.5 Å². The van der Waals surface area contributed by atoms with Crippen molar-refractivity contribution in [2.45, 2.75) is 30.2 Å². The lowest BCUT2D eigenvalue weighted by Gasteiger charge is -2.19. The van der Waals surface area contributed by atoms with Gasteiger partial charge in [0.25, 0.3) is 0 Å². The Morgan fingerprint density at radius 1 is 1.21 bits per heavy atom. The molecule has 1 aliphatic heterocycles. The van der Waals surface area contributed by atoms with Crippen LogP contribution >= 0.6 is 34.5 Å². The number of benzene rings is 2. The number of carbonyl (C=O) groups is 1. The summed E-state index contributed by atoms with van der Waals surface area (Å²) in [6, 6.07) is 11.6. The topological polar surface area (TPSA) is 105 Å². The molecule has 1 fully saturated rings. The lowest BCUT2D eigenvalue weighted by atomic mass is 10.1. The number of nitrogen functional groups attached to an aromatic ring is 1. The molecule has 0 saturated carbocycles. The van der Waals surface area contributed by atoms with Gasteiger partial charge in [0.05, 0.1) is 26.3 Å². The summed E-state index contributed by atoms with van der Waals surface area (Å²) in [5.41, 5.74) is 6.77. The van der Waals surface area contributed by atoms with Crippen molar-refractivity contribution in [3.05, 3.63) is 63.0 Å². The van der Waals surface area contributed by atoms with Gasteiger partial charge in [0.15, 0.2) is 15.0 Å². The number of sulfone groups is 1. The molecular formula is C23H24Cl2N4O3S2. The first kappa shape index (κ1) is 24.9. The van der Waals surface area contributed by atoms with E-state index in [-0.39, 0.29) is 37.0 Å². The Morgan fingerprint density at radius 2 is 1.88 bits per heavy atom. The third kappa shape index (κ3) is 5.39. The van der Waals surface area contributed by atoms with E-state index in [0.29, 0.717) is 23.3 Å². The minimum atomic E-state index is -3.37. The molecule has 0 amide bonds. The van der Waals surface area contributed by atoms with Crippen molar-refractivity contribution in [1.29, 1.82) is 0 Å². The number of hydrogen-bond acceptors (Lipinski definition) is 8. The van der Waals surface area contributed by atoms with Gasteiger partial charge in [-0.1, -0.05) is 40.6 Å². The second kappa shape index (κ2) is 10.2. The summed E-state index contributed by atoms with van der Waals surface area (Å²) in [6.45, 7) is 1.02. The molecule has 0 aliphatic carbocycles. The van der Waals surface area contributed by atoms with Gasteiger partial charge in [-0.3, -0.25) is 4.79 Å². The molecule has 1 unspecified atom stereocenters. The molecule has 3 N–H and O–H groups in total. The van der Waals surface area contributed by atoms with Gasteiger partial charge in [-0.15, -0.1) is 0 Å². The Bertz CT molecular complexity index is 1290. The van der Waals surface area contributed by atoms with Gasteiger partial charge in [-0.25, -0.2) is 13.4 Å². The van der Waals surface area contributed by atoms with E-state index in [1.807, 2.05) is 7.05 Å². The third-order valence-corrected chi connectivity index (χ3v) is 9.28. The summed E-state index contributed by atoms with van der Waals surface area (Å²) in [6.07, 6.45) is 2.78. The molecule has 180 valence electrons. The SMILES string of the molecule is CN1CCCC1CCS(=O)(=O)c1ccc(Nc2nc(N)c(C(=O)c3c(Cl)cccc3Cl)s2)cc1. The van der Waals surface area contributed by atoms with Crippen molar-refractivity contribution in [3.63, 3.8) is 0 Å². The van der Waals surface area contributed by atoms with E-state index in [4.69, 9.17) is 28.9 Å². The molecular weight excluding hydrogens is 515 g/mol. The average Bonchev–Trinajstić information content (AvgIpc) is 3.37. The normalized spacial score (nSPS) is 16.6. The second-order valence-corrected chi connectivity index (χ2v) is 12.1. The first-order chi connectivity index (χ1) is 16.2. The molecule has 1 aliphatic rings. The number of hydrogen-bond donors (Lipinski definition) is 2. The maximum absolute atomic E-state index is 12.9. The largest absolute Gasteiger partial charge is 0.382 e. The predicted molar refractivity (Wildman–Crippen MR) is 138 cm³/mol. The average molecular weight is 540 g/mol. The molecule has 7 nitrogen and oxygen atoms in total. The number of aromatic nitrogens is 1. The maximum Gasteiger partial charge on any atom is 0.209 e. The van der Waals surface area contributed by atoms with Crippen molar-refractivity contribution >= 4 is 66.8 Å². The Morgan fingerprint density at radius 3 is 2.50 bits per heavy atom. The van der Waals surface area contributed by atoms with Gasteiger partial charge >= 0.3 is 0 Å². The molecule has 2 aromatic carbocycles. The van der Waals surface area contributed by atoms with E-state index in [0.717, 1.165) is 30.7 Å². The monoisotopic (exact) mass is 538 g/mol. The standard InChI is InChI=1S/C23H24Cl2N4O3S2/c1-29-12-3-4-15(29)11-13-34(31,32)16-9-7-14(8-10-16)27-23-28-22(26)21(33-23)20(30)19-17(24)5-2-6-18(19)25/h2,5-10,15H,3-4,11-13,26H2,1H3,(H,27,28). The highest BCUT2D eigenvalue weighted by Gasteiger charge is 2.25. The molecule has 1 atom stereocenters. The van der Waals surface area contributed by atoms with Gasteiger partial charge < -0.3 is 16.0 Å². The van der Waals surface area contributed by atoms with E-state index in [1.165, 1.54) is 0 Å². The minimum Gasteiger partial charge on any atom is -0.382 e. The highest BCUT2D eigenvalue weighted by atomic mass is 35.5. The van der Waals surface area contributed by atoms with E-state index < -0.39 is 15.6 Å². The van der Waals surface area contributed by atoms with Gasteiger partial charge in [-0.2, -0.15) is 0 Å². The number of thiazole rings is 1. The van der Waals surface area contributed by atoms with Crippen LogP contribution in [0.15, 0.2) is 47.4 Å². The van der Waals surface area contributed by atoms with Gasteiger partial charge in [0.2, 0.25) is 5.78 Å². The minimum absolute atomic E-state index is 0.0598. The van der Waals surface area contributed by atoms with Gasteiger partial charge in [0, 0.05) is 11.7 Å². The smallest absolute Gasteiger partial charge is 0.209 e. The fraction of sp³-hybridized carbons (Fsp3) is 0.304. The molecule has 0 bridgehead atoms. The van der Waals surface area contributed by atoms with Crippen molar-refractivity contribution in [1.82, 2.24) is 9.88 Å². The number of likely N-dealkylation sites (tertiary alicyclic amines) is 1. The van der Waals surface area contributed by atoms with Crippen molar-refractivity contribution in [3.8, 4) is 0 Å². The highest BCUT2D eigenvalue weighted by molar-refractivity contribution is 7.91. The molecule has 3 aromatic rings. The Labute approximate surface area is 212 Å². The van der Waals surface area contributed by atoms with Crippen molar-refractivity contribution < 1.29 is 13.2 Å². The van der Waals surface area contributed by atoms with Crippen LogP contribution in [0.4, 0.5) is 16.6 Å². The number of anilines is 3. The zero-order valence-electron chi connectivity index (χ0n) is 18.4. The zero-order valence-corrected chi connectivity index (χ0v) is 21.6. The van der Waals surface area contributed by atoms with Crippen LogP contribution < -0.4 is 11.1 Å². The van der Waals surface area contributed by atoms with Crippen LogP contribution in [0.3, 0.4) is 0 Å². The van der Waals surface area contributed by atoms with E-state index in [2.05, 4.69) is 15.2 Å². The Balaban J connectivity index is 1.45. The lowest BCUT2D eigenvalue weighted by Crippen LogP contribution is -2.27. The Kier molecular flexibility index (Phi) is 7.49. The van der Waals surface area contributed by atoms with E-state index >= 15 is 0 Å². The van der Waals surface area contributed by atoms with Crippen LogP contribution in [0.1, 0.15) is 34.5 Å². The lowest BCUT2D eigenvalue weighted by molar-refractivity contribution is 0.104. The summed E-state index contributed by atoms with van der Waals surface area (Å²) in [7, 11) is -1.33. The number of nitrogens with two attached hydrogens (primary N) is 1. The molecule has 4 rings (SSSR count). The first-order valence-electron chi connectivity index (χ1n) is 10.7. The molecule has 1 saturated heterocycles. The van der Waals surface area contributed by atoms with E-state index in [9.17, 15) is 13.2 Å².